The summed E-state index contributed by atoms with van der Waals surface area (Å²) >= 11 is 0. The maximum absolute atomic E-state index is 13.8. The molecule has 1 aromatic carbocycles. The molecular weight excluding hydrogens is 391 g/mol. The van der Waals surface area contributed by atoms with Crippen LogP contribution in [0.2, 0.25) is 0 Å². The Morgan fingerprint density at radius 1 is 1.16 bits per heavy atom. The smallest absolute Gasteiger partial charge is 0.180 e. The van der Waals surface area contributed by atoms with Crippen LogP contribution in [0.25, 0.3) is 33.4 Å². The van der Waals surface area contributed by atoms with Gasteiger partial charge in [-0.3, -0.25) is 9.38 Å². The monoisotopic (exact) mass is 412 g/mol. The minimum absolute atomic E-state index is 0.404. The summed E-state index contributed by atoms with van der Waals surface area (Å²) in [5.74, 6) is 0.227. The second-order valence-corrected chi connectivity index (χ2v) is 7.48. The van der Waals surface area contributed by atoms with E-state index in [0.29, 0.717) is 29.3 Å². The van der Waals surface area contributed by atoms with E-state index in [-0.39, 0.29) is 0 Å². The number of aromatic nitrogens is 5. The third-order valence-electron chi connectivity index (χ3n) is 5.26. The van der Waals surface area contributed by atoms with E-state index < -0.39 is 5.82 Å². The number of pyridine rings is 1. The first-order valence-electron chi connectivity index (χ1n) is 10.0. The van der Waals surface area contributed by atoms with E-state index in [1.807, 2.05) is 29.7 Å². The highest BCUT2D eigenvalue weighted by molar-refractivity contribution is 5.80. The van der Waals surface area contributed by atoms with Gasteiger partial charge in [0.05, 0.1) is 23.8 Å². The Kier molecular flexibility index (Phi) is 4.71. The van der Waals surface area contributed by atoms with E-state index in [2.05, 4.69) is 50.8 Å². The number of hydrogen-bond donors (Lipinski definition) is 1. The minimum atomic E-state index is -0.404. The van der Waals surface area contributed by atoms with Crippen LogP contribution in [0.1, 0.15) is 12.6 Å². The van der Waals surface area contributed by atoms with Crippen molar-refractivity contribution in [1.29, 1.82) is 0 Å². The Morgan fingerprint density at radius 3 is 2.87 bits per heavy atom. The summed E-state index contributed by atoms with van der Waals surface area (Å²) in [4.78, 5) is 13.2. The summed E-state index contributed by atoms with van der Waals surface area (Å²) < 4.78 is 17.9. The summed E-state index contributed by atoms with van der Waals surface area (Å²) in [6.45, 7) is 7.39. The molecule has 0 atom stereocenters. The maximum Gasteiger partial charge on any atom is 0.180 e. The van der Waals surface area contributed by atoms with E-state index in [0.717, 1.165) is 17.8 Å². The molecule has 5 rings (SSSR count). The standard InChI is InChI=1S/C24H21FN6/c1-16(2)22-14-28-24-23(27-8-10-30-9-7-17-5-3-4-6-21(17)30)29-20(15-31(22)24)18-11-19(25)13-26-12-18/h3-7,9,11-15H,1,8,10H2,2H3,(H,27,29). The number of benzene rings is 1. The zero-order valence-corrected chi connectivity index (χ0v) is 17.1. The molecule has 4 aromatic heterocycles. The van der Waals surface area contributed by atoms with Crippen molar-refractivity contribution < 1.29 is 4.39 Å². The first-order chi connectivity index (χ1) is 15.1. The lowest BCUT2D eigenvalue weighted by Crippen LogP contribution is -2.12. The molecule has 0 bridgehead atoms. The molecule has 0 saturated heterocycles. The number of allylic oxidation sites excluding steroid dienone is 1. The Labute approximate surface area is 178 Å². The number of imidazole rings is 1. The lowest BCUT2D eigenvalue weighted by atomic mass is 10.2. The molecule has 0 fully saturated rings. The Hall–Kier alpha value is -4.00. The second-order valence-electron chi connectivity index (χ2n) is 7.48. The molecule has 154 valence electrons. The van der Waals surface area contributed by atoms with Crippen LogP contribution in [0.15, 0.2) is 74.0 Å². The van der Waals surface area contributed by atoms with Gasteiger partial charge in [-0.1, -0.05) is 24.8 Å². The molecule has 0 spiro atoms. The molecule has 4 heterocycles. The van der Waals surface area contributed by atoms with Gasteiger partial charge in [-0.25, -0.2) is 14.4 Å². The normalized spacial score (nSPS) is 11.3. The van der Waals surface area contributed by atoms with Gasteiger partial charge in [0.2, 0.25) is 0 Å². The number of hydrogen-bond acceptors (Lipinski definition) is 4. The molecule has 0 aliphatic heterocycles. The van der Waals surface area contributed by atoms with Crippen LogP contribution >= 0.6 is 0 Å². The van der Waals surface area contributed by atoms with Crippen molar-refractivity contribution in [2.24, 2.45) is 0 Å². The molecule has 1 N–H and O–H groups in total. The molecular formula is C24H21FN6. The van der Waals surface area contributed by atoms with Gasteiger partial charge in [0.1, 0.15) is 5.82 Å². The zero-order valence-electron chi connectivity index (χ0n) is 17.1. The second kappa shape index (κ2) is 7.68. The summed E-state index contributed by atoms with van der Waals surface area (Å²) in [5, 5.41) is 4.62. The topological polar surface area (TPSA) is 60.0 Å². The van der Waals surface area contributed by atoms with Crippen LogP contribution < -0.4 is 5.32 Å². The lowest BCUT2D eigenvalue weighted by molar-refractivity contribution is 0.622. The molecule has 0 radical (unpaired) electrons. The lowest BCUT2D eigenvalue weighted by Gasteiger charge is -2.12. The molecule has 0 aliphatic rings. The third-order valence-corrected chi connectivity index (χ3v) is 5.26. The van der Waals surface area contributed by atoms with Gasteiger partial charge >= 0.3 is 0 Å². The van der Waals surface area contributed by atoms with Crippen molar-refractivity contribution in [3.63, 3.8) is 0 Å². The fraction of sp³-hybridized carbons (Fsp3) is 0.125. The SMILES string of the molecule is C=C(C)c1cnc2c(NCCn3ccc4ccccc43)nc(-c3cncc(F)c3)cn12. The fourth-order valence-corrected chi connectivity index (χ4v) is 3.74. The number of rotatable bonds is 6. The van der Waals surface area contributed by atoms with Crippen LogP contribution in [0.4, 0.5) is 10.2 Å². The molecule has 0 unspecified atom stereocenters. The van der Waals surface area contributed by atoms with E-state index in [1.54, 1.807) is 12.4 Å². The molecule has 7 heteroatoms. The Bertz CT molecular complexity index is 1410. The van der Waals surface area contributed by atoms with Gasteiger partial charge in [-0.2, -0.15) is 0 Å². The van der Waals surface area contributed by atoms with Crippen molar-refractivity contribution in [1.82, 2.24) is 23.9 Å². The number of nitrogens with zero attached hydrogens (tertiary/aromatic N) is 5. The van der Waals surface area contributed by atoms with Crippen molar-refractivity contribution in [3.8, 4) is 11.3 Å². The van der Waals surface area contributed by atoms with Gasteiger partial charge in [-0.15, -0.1) is 0 Å². The molecule has 0 aliphatic carbocycles. The Morgan fingerprint density at radius 2 is 2.03 bits per heavy atom. The molecule has 0 amide bonds. The summed E-state index contributed by atoms with van der Waals surface area (Å²) in [7, 11) is 0. The summed E-state index contributed by atoms with van der Waals surface area (Å²) in [5.41, 5.74) is 4.85. The number of anilines is 1. The largest absolute Gasteiger partial charge is 0.365 e. The molecule has 31 heavy (non-hydrogen) atoms. The van der Waals surface area contributed by atoms with Gasteiger partial charge < -0.3 is 9.88 Å². The van der Waals surface area contributed by atoms with Crippen molar-refractivity contribution >= 4 is 27.9 Å². The first-order valence-corrected chi connectivity index (χ1v) is 10.0. The predicted molar refractivity (Wildman–Crippen MR) is 121 cm³/mol. The summed E-state index contributed by atoms with van der Waals surface area (Å²) in [6, 6.07) is 11.8. The van der Waals surface area contributed by atoms with Gasteiger partial charge in [-0.05, 0) is 36.1 Å². The maximum atomic E-state index is 13.8. The van der Waals surface area contributed by atoms with Crippen LogP contribution in [0, 0.1) is 5.82 Å². The zero-order chi connectivity index (χ0) is 21.4. The fourth-order valence-electron chi connectivity index (χ4n) is 3.74. The van der Waals surface area contributed by atoms with Crippen LogP contribution in [-0.4, -0.2) is 30.5 Å². The predicted octanol–water partition coefficient (Wildman–Crippen LogP) is 5.03. The van der Waals surface area contributed by atoms with Crippen molar-refractivity contribution in [2.45, 2.75) is 13.5 Å². The summed E-state index contributed by atoms with van der Waals surface area (Å²) in [6.07, 6.45) is 8.48. The van der Waals surface area contributed by atoms with Crippen LogP contribution in [0.5, 0.6) is 0 Å². The first kappa shape index (κ1) is 19.0. The van der Waals surface area contributed by atoms with Gasteiger partial charge in [0.15, 0.2) is 11.5 Å². The average Bonchev–Trinajstić information content (AvgIpc) is 3.38. The number of fused-ring (bicyclic) bond motifs is 2. The molecule has 5 aromatic rings. The Balaban J connectivity index is 1.50. The van der Waals surface area contributed by atoms with E-state index in [4.69, 9.17) is 4.98 Å². The minimum Gasteiger partial charge on any atom is -0.365 e. The number of para-hydroxylation sites is 1. The van der Waals surface area contributed by atoms with Crippen LogP contribution in [0.3, 0.4) is 0 Å². The van der Waals surface area contributed by atoms with E-state index in [9.17, 15) is 4.39 Å². The highest BCUT2D eigenvalue weighted by Crippen LogP contribution is 2.25. The highest BCUT2D eigenvalue weighted by Gasteiger charge is 2.14. The number of nitrogens with one attached hydrogen (secondary N) is 1. The van der Waals surface area contributed by atoms with Crippen LogP contribution in [-0.2, 0) is 6.54 Å². The molecule has 6 nitrogen and oxygen atoms in total. The van der Waals surface area contributed by atoms with E-state index >= 15 is 0 Å². The van der Waals surface area contributed by atoms with Crippen molar-refractivity contribution in [3.05, 3.63) is 85.5 Å². The average molecular weight is 412 g/mol. The third kappa shape index (κ3) is 3.54. The molecule has 0 saturated carbocycles. The highest BCUT2D eigenvalue weighted by atomic mass is 19.1. The number of halogens is 1. The van der Waals surface area contributed by atoms with Gasteiger partial charge in [0, 0.05) is 42.8 Å². The van der Waals surface area contributed by atoms with Crippen molar-refractivity contribution in [2.75, 3.05) is 11.9 Å². The van der Waals surface area contributed by atoms with Gasteiger partial charge in [0.25, 0.3) is 0 Å². The quantitative estimate of drug-likeness (QED) is 0.425. The van der Waals surface area contributed by atoms with E-state index in [1.165, 1.54) is 23.2 Å².